The molecule has 2 unspecified atom stereocenters. The Morgan fingerprint density at radius 3 is 2.79 bits per heavy atom. The first-order chi connectivity index (χ1) is 13.8. The van der Waals surface area contributed by atoms with Gasteiger partial charge in [0.25, 0.3) is 11.8 Å². The molecule has 6 heteroatoms. The number of nitrogens with zero attached hydrogens (tertiary/aromatic N) is 1. The van der Waals surface area contributed by atoms with Gasteiger partial charge in [0.1, 0.15) is 5.75 Å². The minimum Gasteiger partial charge on any atom is -0.481 e. The molecule has 0 heterocycles. The molecule has 0 aliphatic heterocycles. The lowest BCUT2D eigenvalue weighted by molar-refractivity contribution is -0.129. The first kappa shape index (κ1) is 20.8. The fraction of sp³-hybridized carbons (Fsp3) is 0.391. The average Bonchev–Trinajstić information content (AvgIpc) is 3.10. The minimum absolute atomic E-state index is 0.0712. The van der Waals surface area contributed by atoms with Crippen molar-refractivity contribution in [3.8, 4) is 11.8 Å². The van der Waals surface area contributed by atoms with Gasteiger partial charge in [0.05, 0.1) is 17.7 Å². The molecule has 0 saturated heterocycles. The van der Waals surface area contributed by atoms with Crippen LogP contribution in [0.1, 0.15) is 61.4 Å². The molecule has 2 atom stereocenters. The van der Waals surface area contributed by atoms with E-state index in [-0.39, 0.29) is 23.3 Å². The van der Waals surface area contributed by atoms with Gasteiger partial charge in [-0.2, -0.15) is 5.26 Å². The predicted octanol–water partition coefficient (Wildman–Crippen LogP) is 5.02. The van der Waals surface area contributed by atoms with Gasteiger partial charge in [-0.1, -0.05) is 37.6 Å². The lowest BCUT2D eigenvalue weighted by Gasteiger charge is -2.22. The summed E-state index contributed by atoms with van der Waals surface area (Å²) in [5, 5.41) is 12.1. The number of rotatable bonds is 7. The number of carbonyl (C=O) groups excluding carboxylic acids is 1. The van der Waals surface area contributed by atoms with Crippen molar-refractivity contribution in [1.82, 2.24) is 5.32 Å². The first-order valence-electron chi connectivity index (χ1n) is 9.80. The number of nitrogens with one attached hydrogen (secondary N) is 1. The van der Waals surface area contributed by atoms with E-state index < -0.39 is 17.6 Å². The van der Waals surface area contributed by atoms with Crippen LogP contribution in [0.5, 0.6) is 5.75 Å². The highest BCUT2D eigenvalue weighted by Gasteiger charge is 2.30. The van der Waals surface area contributed by atoms with Gasteiger partial charge in [0, 0.05) is 12.5 Å². The minimum atomic E-state index is -3.18. The SMILES string of the molecule is CCCC(Oc1ccc(C#N)c(C(C)(F)F)c1)C(=O)NC1CCc2ccccc21. The third-order valence-corrected chi connectivity index (χ3v) is 5.16. The summed E-state index contributed by atoms with van der Waals surface area (Å²) in [4.78, 5) is 12.9. The van der Waals surface area contributed by atoms with Crippen LogP contribution in [0.2, 0.25) is 0 Å². The Morgan fingerprint density at radius 1 is 1.34 bits per heavy atom. The maximum atomic E-state index is 13.9. The summed E-state index contributed by atoms with van der Waals surface area (Å²) in [5.41, 5.74) is 1.83. The highest BCUT2D eigenvalue weighted by molar-refractivity contribution is 5.81. The molecule has 1 amide bonds. The van der Waals surface area contributed by atoms with Crippen molar-refractivity contribution in [3.05, 3.63) is 64.7 Å². The number of hydrogen-bond donors (Lipinski definition) is 1. The number of carbonyl (C=O) groups is 1. The summed E-state index contributed by atoms with van der Waals surface area (Å²) in [6.07, 6.45) is 2.10. The number of ether oxygens (including phenoxy) is 1. The molecule has 0 saturated carbocycles. The molecule has 3 rings (SSSR count). The zero-order chi connectivity index (χ0) is 21.0. The fourth-order valence-corrected chi connectivity index (χ4v) is 3.70. The van der Waals surface area contributed by atoms with Crippen molar-refractivity contribution in [1.29, 1.82) is 5.26 Å². The van der Waals surface area contributed by atoms with Crippen molar-refractivity contribution in [2.24, 2.45) is 0 Å². The van der Waals surface area contributed by atoms with E-state index in [1.54, 1.807) is 6.07 Å². The molecule has 1 aliphatic carbocycles. The Morgan fingerprint density at radius 2 is 2.10 bits per heavy atom. The number of fused-ring (bicyclic) bond motifs is 1. The Balaban J connectivity index is 1.77. The van der Waals surface area contributed by atoms with Crippen molar-refractivity contribution in [2.75, 3.05) is 0 Å². The van der Waals surface area contributed by atoms with E-state index in [2.05, 4.69) is 11.4 Å². The van der Waals surface area contributed by atoms with E-state index in [4.69, 9.17) is 10.00 Å². The highest BCUT2D eigenvalue weighted by Crippen LogP contribution is 2.33. The molecule has 2 aromatic carbocycles. The fourth-order valence-electron chi connectivity index (χ4n) is 3.70. The average molecular weight is 398 g/mol. The van der Waals surface area contributed by atoms with Crippen LogP contribution in [-0.4, -0.2) is 12.0 Å². The van der Waals surface area contributed by atoms with Gasteiger partial charge in [-0.3, -0.25) is 4.79 Å². The van der Waals surface area contributed by atoms with E-state index in [1.165, 1.54) is 17.7 Å². The zero-order valence-electron chi connectivity index (χ0n) is 16.5. The van der Waals surface area contributed by atoms with Crippen molar-refractivity contribution < 1.29 is 18.3 Å². The first-order valence-corrected chi connectivity index (χ1v) is 9.80. The Hall–Kier alpha value is -2.94. The lowest BCUT2D eigenvalue weighted by atomic mass is 10.0. The molecule has 1 aliphatic rings. The number of amides is 1. The molecule has 0 radical (unpaired) electrons. The molecule has 0 bridgehead atoms. The number of aryl methyl sites for hydroxylation is 1. The molecule has 0 aromatic heterocycles. The normalized spacial score (nSPS) is 16.6. The summed E-state index contributed by atoms with van der Waals surface area (Å²) < 4.78 is 33.5. The number of nitriles is 1. The standard InChI is InChI=1S/C23H24F2N2O2/c1-3-6-21(22(28)27-20-12-10-15-7-4-5-8-18(15)20)29-17-11-9-16(14-26)19(13-17)23(2,24)25/h4-5,7-9,11,13,20-21H,3,6,10,12H2,1-2H3,(H,27,28). The summed E-state index contributed by atoms with van der Waals surface area (Å²) in [5.74, 6) is -3.29. The second-order valence-electron chi connectivity index (χ2n) is 7.40. The van der Waals surface area contributed by atoms with Gasteiger partial charge in [0.2, 0.25) is 0 Å². The highest BCUT2D eigenvalue weighted by atomic mass is 19.3. The topological polar surface area (TPSA) is 62.1 Å². The molecule has 2 aromatic rings. The van der Waals surface area contributed by atoms with E-state index in [0.29, 0.717) is 12.8 Å². The quantitative estimate of drug-likeness (QED) is 0.712. The van der Waals surface area contributed by atoms with Gasteiger partial charge in [-0.15, -0.1) is 0 Å². The number of hydrogen-bond acceptors (Lipinski definition) is 3. The Bertz CT molecular complexity index is 931. The third-order valence-electron chi connectivity index (χ3n) is 5.16. The van der Waals surface area contributed by atoms with E-state index in [1.807, 2.05) is 25.1 Å². The van der Waals surface area contributed by atoms with E-state index in [0.717, 1.165) is 31.4 Å². The number of benzene rings is 2. The lowest BCUT2D eigenvalue weighted by Crippen LogP contribution is -2.39. The van der Waals surface area contributed by atoms with Gasteiger partial charge in [-0.25, -0.2) is 8.78 Å². The second-order valence-corrected chi connectivity index (χ2v) is 7.40. The smallest absolute Gasteiger partial charge is 0.271 e. The molecule has 0 fully saturated rings. The maximum Gasteiger partial charge on any atom is 0.271 e. The van der Waals surface area contributed by atoms with Crippen LogP contribution in [0, 0.1) is 11.3 Å². The van der Waals surface area contributed by atoms with Crippen LogP contribution < -0.4 is 10.1 Å². The van der Waals surface area contributed by atoms with Gasteiger partial charge in [0.15, 0.2) is 6.10 Å². The van der Waals surface area contributed by atoms with Gasteiger partial charge in [-0.05, 0) is 48.6 Å². The Labute approximate surface area is 169 Å². The maximum absolute atomic E-state index is 13.9. The van der Waals surface area contributed by atoms with E-state index >= 15 is 0 Å². The number of halogens is 2. The second kappa shape index (κ2) is 8.60. The summed E-state index contributed by atoms with van der Waals surface area (Å²) in [6.45, 7) is 2.67. The molecule has 152 valence electrons. The van der Waals surface area contributed by atoms with Crippen molar-refractivity contribution in [3.63, 3.8) is 0 Å². The van der Waals surface area contributed by atoms with Gasteiger partial charge < -0.3 is 10.1 Å². The summed E-state index contributed by atoms with van der Waals surface area (Å²) in [6, 6.07) is 13.6. The molecule has 1 N–H and O–H groups in total. The Kier molecular flexibility index (Phi) is 6.17. The van der Waals surface area contributed by atoms with E-state index in [9.17, 15) is 13.6 Å². The van der Waals surface area contributed by atoms with Crippen LogP contribution in [0.15, 0.2) is 42.5 Å². The molecular weight excluding hydrogens is 374 g/mol. The van der Waals surface area contributed by atoms with Crippen molar-refractivity contribution in [2.45, 2.75) is 57.6 Å². The monoisotopic (exact) mass is 398 g/mol. The van der Waals surface area contributed by atoms with Crippen LogP contribution in [0.3, 0.4) is 0 Å². The van der Waals surface area contributed by atoms with Crippen LogP contribution in [0.25, 0.3) is 0 Å². The number of alkyl halides is 2. The largest absolute Gasteiger partial charge is 0.481 e. The molecule has 29 heavy (non-hydrogen) atoms. The predicted molar refractivity (Wildman–Crippen MR) is 106 cm³/mol. The molecule has 0 spiro atoms. The third kappa shape index (κ3) is 4.73. The van der Waals surface area contributed by atoms with Crippen LogP contribution >= 0.6 is 0 Å². The van der Waals surface area contributed by atoms with Gasteiger partial charge >= 0.3 is 0 Å². The zero-order valence-corrected chi connectivity index (χ0v) is 16.5. The van der Waals surface area contributed by atoms with Crippen molar-refractivity contribution >= 4 is 5.91 Å². The summed E-state index contributed by atoms with van der Waals surface area (Å²) >= 11 is 0. The molecular formula is C23H24F2N2O2. The van der Waals surface area contributed by atoms with Crippen LogP contribution in [-0.2, 0) is 17.1 Å². The van der Waals surface area contributed by atoms with Crippen LogP contribution in [0.4, 0.5) is 8.78 Å². The summed E-state index contributed by atoms with van der Waals surface area (Å²) in [7, 11) is 0. The molecule has 4 nitrogen and oxygen atoms in total.